The van der Waals surface area contributed by atoms with Gasteiger partial charge in [0, 0.05) is 24.2 Å². The summed E-state index contributed by atoms with van der Waals surface area (Å²) < 4.78 is 18.6. The first-order chi connectivity index (χ1) is 22.3. The van der Waals surface area contributed by atoms with E-state index in [-0.39, 0.29) is 63.1 Å². The van der Waals surface area contributed by atoms with Crippen LogP contribution in [-0.4, -0.2) is 70.4 Å². The van der Waals surface area contributed by atoms with Crippen molar-refractivity contribution in [3.8, 4) is 28.6 Å². The predicted molar refractivity (Wildman–Crippen MR) is 168 cm³/mol. The Bertz CT molecular complexity index is 1720. The fourth-order valence-corrected chi connectivity index (χ4v) is 5.39. The van der Waals surface area contributed by atoms with Crippen molar-refractivity contribution < 1.29 is 28.6 Å². The molecule has 1 atom stereocenters. The number of fused-ring (bicyclic) bond motifs is 4. The number of amides is 3. The zero-order valence-corrected chi connectivity index (χ0v) is 25.8. The molecule has 6 rings (SSSR count). The van der Waals surface area contributed by atoms with Crippen molar-refractivity contribution in [3.05, 3.63) is 89.7 Å². The van der Waals surface area contributed by atoms with E-state index in [2.05, 4.69) is 10.6 Å². The average Bonchev–Trinajstić information content (AvgIpc) is 3.70. The highest BCUT2D eigenvalue weighted by molar-refractivity contribution is 5.94. The van der Waals surface area contributed by atoms with Gasteiger partial charge < -0.3 is 29.7 Å². The molecular weight excluding hydrogens is 588 g/mol. The number of rotatable bonds is 4. The summed E-state index contributed by atoms with van der Waals surface area (Å²) in [6.07, 6.45) is 0.0413. The molecule has 2 aliphatic rings. The van der Waals surface area contributed by atoms with Crippen LogP contribution in [0, 0.1) is 5.92 Å². The van der Waals surface area contributed by atoms with Crippen LogP contribution in [0.25, 0.3) is 11.4 Å². The Balaban J connectivity index is 1.30. The highest BCUT2D eigenvalue weighted by atomic mass is 16.7. The summed E-state index contributed by atoms with van der Waals surface area (Å²) in [7, 11) is 0. The number of nitrogens with one attached hydrogen (secondary N) is 2. The lowest BCUT2D eigenvalue weighted by molar-refractivity contribution is -0.135. The van der Waals surface area contributed by atoms with Gasteiger partial charge in [0.1, 0.15) is 12.4 Å². The maximum Gasteiger partial charge on any atom is 0.251 e. The molecule has 0 fully saturated rings. The summed E-state index contributed by atoms with van der Waals surface area (Å²) in [4.78, 5) is 46.6. The Hall–Kier alpha value is -5.39. The maximum atomic E-state index is 13.6. The fraction of sp³-hybridized carbons (Fsp3) is 0.324. The first kappa shape index (κ1) is 30.6. The summed E-state index contributed by atoms with van der Waals surface area (Å²) in [5.41, 5.74) is 1.99. The molecule has 2 aliphatic heterocycles. The monoisotopic (exact) mass is 624 g/mol. The third-order valence-electron chi connectivity index (χ3n) is 7.81. The number of carbonyl (C=O) groups excluding carboxylic acids is 3. The van der Waals surface area contributed by atoms with E-state index in [1.165, 1.54) is 4.90 Å². The second-order valence-electron chi connectivity index (χ2n) is 11.5. The van der Waals surface area contributed by atoms with Crippen LogP contribution in [0.5, 0.6) is 17.2 Å². The van der Waals surface area contributed by atoms with Gasteiger partial charge in [-0.25, -0.2) is 9.67 Å². The summed E-state index contributed by atoms with van der Waals surface area (Å²) in [6.45, 7) is 4.79. The van der Waals surface area contributed by atoms with Crippen LogP contribution >= 0.6 is 0 Å². The lowest BCUT2D eigenvalue weighted by Crippen LogP contribution is -2.46. The van der Waals surface area contributed by atoms with Crippen molar-refractivity contribution >= 4 is 17.7 Å². The molecule has 0 saturated carbocycles. The van der Waals surface area contributed by atoms with Gasteiger partial charge in [-0.2, -0.15) is 5.10 Å². The minimum atomic E-state index is -0.498. The second-order valence-corrected chi connectivity index (χ2v) is 11.5. The highest BCUT2D eigenvalue weighted by Gasteiger charge is 2.28. The largest absolute Gasteiger partial charge is 0.492 e. The van der Waals surface area contributed by atoms with Crippen LogP contribution in [0.4, 0.5) is 0 Å². The Kier molecular flexibility index (Phi) is 9.13. The predicted octanol–water partition coefficient (Wildman–Crippen LogP) is 3.38. The van der Waals surface area contributed by atoms with Gasteiger partial charge in [0.2, 0.25) is 18.6 Å². The van der Waals surface area contributed by atoms with E-state index in [0.717, 1.165) is 11.1 Å². The number of aromatic nitrogens is 3. The van der Waals surface area contributed by atoms with Crippen LogP contribution in [0.15, 0.2) is 72.8 Å². The lowest BCUT2D eigenvalue weighted by atomic mass is 10.0. The molecular formula is C34H36N6O6. The Morgan fingerprint density at radius 2 is 1.74 bits per heavy atom. The second kappa shape index (κ2) is 13.7. The van der Waals surface area contributed by atoms with Gasteiger partial charge in [-0.05, 0) is 41.8 Å². The Morgan fingerprint density at radius 1 is 0.935 bits per heavy atom. The van der Waals surface area contributed by atoms with Crippen molar-refractivity contribution in [1.82, 2.24) is 30.3 Å². The number of ether oxygens (including phenoxy) is 3. The van der Waals surface area contributed by atoms with Crippen LogP contribution in [0.1, 0.15) is 41.6 Å². The van der Waals surface area contributed by atoms with E-state index in [0.29, 0.717) is 41.0 Å². The van der Waals surface area contributed by atoms with Crippen LogP contribution in [0.3, 0.4) is 0 Å². The molecule has 0 aliphatic carbocycles. The van der Waals surface area contributed by atoms with Crippen molar-refractivity contribution in [2.75, 3.05) is 33.0 Å². The Labute approximate surface area is 266 Å². The molecule has 2 N–H and O–H groups in total. The molecule has 3 aromatic carbocycles. The zero-order valence-electron chi connectivity index (χ0n) is 25.8. The number of hydrogen-bond donors (Lipinski definition) is 2. The number of benzene rings is 3. The van der Waals surface area contributed by atoms with Crippen LogP contribution < -0.4 is 24.8 Å². The van der Waals surface area contributed by atoms with Gasteiger partial charge in [0.25, 0.3) is 5.91 Å². The molecule has 4 aromatic rings. The summed E-state index contributed by atoms with van der Waals surface area (Å²) in [6, 6.07) is 21.4. The third-order valence-corrected chi connectivity index (χ3v) is 7.81. The van der Waals surface area contributed by atoms with Gasteiger partial charge in [-0.3, -0.25) is 14.4 Å². The zero-order chi connectivity index (χ0) is 32.0. The van der Waals surface area contributed by atoms with Crippen LogP contribution in [0.2, 0.25) is 0 Å². The van der Waals surface area contributed by atoms with E-state index in [1.54, 1.807) is 47.1 Å². The summed E-state index contributed by atoms with van der Waals surface area (Å²) >= 11 is 0. The van der Waals surface area contributed by atoms with E-state index in [4.69, 9.17) is 24.3 Å². The molecule has 0 spiro atoms. The maximum absolute atomic E-state index is 13.6. The minimum Gasteiger partial charge on any atom is -0.492 e. The molecule has 2 bridgehead atoms. The highest BCUT2D eigenvalue weighted by Crippen LogP contribution is 2.32. The topological polar surface area (TPSA) is 137 Å². The molecule has 238 valence electrons. The van der Waals surface area contributed by atoms with Crippen molar-refractivity contribution in [3.63, 3.8) is 0 Å². The molecule has 0 saturated heterocycles. The number of hydrogen-bond acceptors (Lipinski definition) is 8. The average molecular weight is 625 g/mol. The number of nitrogens with zero attached hydrogens (tertiary/aromatic N) is 4. The standard InChI is InChI=1S/C34H36N6O6/c1-22(2)31-33-37-32(24-7-4-3-5-8-24)38-40(33)15-16-44-26-10-6-9-25(19-26)34(43)35-13-14-39(20-29(41)36-31)30(42)18-23-11-12-27-28(17-23)46-21-45-27/h3-12,17,19,22,31H,13-16,18,20-21H2,1-2H3,(H,35,43)(H,36,41)/t31-/m0/s1. The SMILES string of the molecule is CC(C)[C@@H]1NC(=O)CN(C(=O)Cc2ccc3c(c2)OCO3)CCNC(=O)c2cccc(c2)OCCn2nc(-c3ccccc3)nc21. The van der Waals surface area contributed by atoms with E-state index in [1.807, 2.05) is 44.2 Å². The van der Waals surface area contributed by atoms with Crippen molar-refractivity contribution in [1.29, 1.82) is 0 Å². The molecule has 0 unspecified atom stereocenters. The quantitative estimate of drug-likeness (QED) is 0.353. The molecule has 3 amide bonds. The molecule has 0 radical (unpaired) electrons. The minimum absolute atomic E-state index is 0.0413. The number of carbonyl (C=O) groups is 3. The molecule has 12 nitrogen and oxygen atoms in total. The molecule has 3 heterocycles. The lowest BCUT2D eigenvalue weighted by Gasteiger charge is -2.26. The van der Waals surface area contributed by atoms with Gasteiger partial charge in [-0.15, -0.1) is 0 Å². The first-order valence-electron chi connectivity index (χ1n) is 15.3. The van der Waals surface area contributed by atoms with E-state index in [9.17, 15) is 14.4 Å². The molecule has 12 heteroatoms. The third kappa shape index (κ3) is 7.12. The van der Waals surface area contributed by atoms with Crippen molar-refractivity contribution in [2.45, 2.75) is 32.9 Å². The smallest absolute Gasteiger partial charge is 0.251 e. The Morgan fingerprint density at radius 3 is 2.57 bits per heavy atom. The van der Waals surface area contributed by atoms with Gasteiger partial charge in [-0.1, -0.05) is 56.3 Å². The van der Waals surface area contributed by atoms with E-state index >= 15 is 0 Å². The van der Waals surface area contributed by atoms with Crippen LogP contribution in [-0.2, 0) is 22.6 Å². The summed E-state index contributed by atoms with van der Waals surface area (Å²) in [5, 5.41) is 10.8. The fourth-order valence-electron chi connectivity index (χ4n) is 5.39. The molecule has 46 heavy (non-hydrogen) atoms. The molecule has 1 aromatic heterocycles. The summed E-state index contributed by atoms with van der Waals surface area (Å²) in [5.74, 6) is 1.86. The van der Waals surface area contributed by atoms with E-state index < -0.39 is 6.04 Å². The van der Waals surface area contributed by atoms with Gasteiger partial charge in [0.15, 0.2) is 23.1 Å². The van der Waals surface area contributed by atoms with Crippen molar-refractivity contribution in [2.24, 2.45) is 5.92 Å². The van der Waals surface area contributed by atoms with Gasteiger partial charge in [0.05, 0.1) is 25.6 Å². The van der Waals surface area contributed by atoms with Gasteiger partial charge >= 0.3 is 0 Å². The normalized spacial score (nSPS) is 17.0. The first-order valence-corrected chi connectivity index (χ1v) is 15.3.